The maximum Gasteiger partial charge on any atom is 0.0437 e. The molecule has 6 aliphatic heterocycles. The molecule has 0 unspecified atom stereocenters. The lowest BCUT2D eigenvalue weighted by Crippen LogP contribution is -2.15. The Bertz CT molecular complexity index is 3870. The molecule has 0 saturated heterocycles. The molecule has 6 aliphatic rings. The average molecular weight is 1300 g/mol. The standard InChI is InChI=1S/6C15H23N/c1-9(2)15-11(4)10(3)13-7-16(6)8-14(13)12(15)5;1-9(2)15-12(5)10(3)11(4)13-7-16(6)8-14(13)15;1-9(2)14-10(3)11(4)15-13(12(14)5)7-8-16(15)6;1-9(2)14-11(4)10(3)13-7-8-16(6)15(13)12(14)5;1-9(2)14-11(4)10(3)12(5)15-13(14)7-8-16(15)6;1-9(2)14-12(5)10(3)11(4)13-7-8-16(6)15(13)14/h6*9H,7-8H2,1-6H3. The van der Waals surface area contributed by atoms with Crippen LogP contribution in [0, 0.1) is 125 Å². The number of nitrogens with zero attached hydrogens (tertiary/aromatic N) is 6. The quantitative estimate of drug-likeness (QED) is 0.164. The van der Waals surface area contributed by atoms with Crippen LogP contribution in [0.2, 0.25) is 0 Å². The van der Waals surface area contributed by atoms with E-state index < -0.39 is 0 Å². The van der Waals surface area contributed by atoms with Crippen LogP contribution in [0.25, 0.3) is 0 Å². The highest BCUT2D eigenvalue weighted by Crippen LogP contribution is 2.46. The molecule has 0 fully saturated rings. The second kappa shape index (κ2) is 30.9. The third-order valence-electron chi connectivity index (χ3n) is 24.7. The van der Waals surface area contributed by atoms with Crippen molar-refractivity contribution in [2.75, 3.05) is 88.1 Å². The molecular weight excluding hydrogens is 1170 g/mol. The summed E-state index contributed by atoms with van der Waals surface area (Å²) in [7, 11) is 13.3. The van der Waals surface area contributed by atoms with Crippen LogP contribution in [-0.4, -0.2) is 78.3 Å². The zero-order chi connectivity index (χ0) is 72.2. The summed E-state index contributed by atoms with van der Waals surface area (Å²) in [6.07, 6.45) is 4.88. The zero-order valence-corrected chi connectivity index (χ0v) is 68.6. The van der Waals surface area contributed by atoms with Gasteiger partial charge in [0.1, 0.15) is 0 Å². The topological polar surface area (TPSA) is 19.4 Å². The summed E-state index contributed by atoms with van der Waals surface area (Å²) in [5.41, 5.74) is 55.4. The first-order valence-electron chi connectivity index (χ1n) is 37.6. The summed E-state index contributed by atoms with van der Waals surface area (Å²) < 4.78 is 0. The van der Waals surface area contributed by atoms with Crippen LogP contribution in [0.15, 0.2) is 0 Å². The molecule has 12 rings (SSSR count). The van der Waals surface area contributed by atoms with Crippen LogP contribution >= 0.6 is 0 Å². The molecule has 0 aliphatic carbocycles. The fourth-order valence-corrected chi connectivity index (χ4v) is 19.2. The molecule has 0 aromatic heterocycles. The number of anilines is 4. The second-order valence-electron chi connectivity index (χ2n) is 32.9. The van der Waals surface area contributed by atoms with Crippen LogP contribution in [-0.2, 0) is 51.9 Å². The molecule has 6 aromatic rings. The maximum atomic E-state index is 2.43. The SMILES string of the molecule is Cc1c(C)c(C(C)C)c(C)c2c1CCN2C.Cc1c(C)c(C(C)C)c(C)c2c1CN(C)C2.Cc1c(C)c(C(C)C)c2c(c1C)N(C)CC2.Cc1c(C)c2c(c(C(C)C)c1C)CN(C)C2.Cc1c(C)c2c(c(C(C)C)c1C)N(C)CC2.Cc1c(C)c2c(c(C)c1C(C)C)CCN2C. The van der Waals surface area contributed by atoms with E-state index >= 15 is 0 Å². The van der Waals surface area contributed by atoms with E-state index in [0.29, 0.717) is 35.5 Å². The Balaban J connectivity index is 0.000000163. The van der Waals surface area contributed by atoms with Crippen LogP contribution < -0.4 is 19.6 Å². The van der Waals surface area contributed by atoms with E-state index in [9.17, 15) is 0 Å². The number of rotatable bonds is 6. The number of hydrogen-bond donors (Lipinski definition) is 0. The van der Waals surface area contributed by atoms with Gasteiger partial charge >= 0.3 is 0 Å². The van der Waals surface area contributed by atoms with Crippen molar-refractivity contribution in [1.82, 2.24) is 9.80 Å². The molecule has 0 N–H and O–H groups in total. The van der Waals surface area contributed by atoms with Gasteiger partial charge in [0, 0.05) is 103 Å². The third kappa shape index (κ3) is 14.7. The van der Waals surface area contributed by atoms with Gasteiger partial charge in [-0.3, -0.25) is 9.80 Å². The number of hydrogen-bond acceptors (Lipinski definition) is 6. The van der Waals surface area contributed by atoms with Gasteiger partial charge in [-0.2, -0.15) is 0 Å². The second-order valence-corrected chi connectivity index (χ2v) is 32.9. The third-order valence-corrected chi connectivity index (χ3v) is 24.7. The summed E-state index contributed by atoms with van der Waals surface area (Å²) in [4.78, 5) is 14.5. The Kier molecular flexibility index (Phi) is 25.0. The maximum absolute atomic E-state index is 2.43. The Morgan fingerprint density at radius 1 is 0.188 bits per heavy atom. The molecule has 6 heterocycles. The monoisotopic (exact) mass is 1300 g/mol. The predicted octanol–water partition coefficient (Wildman–Crippen LogP) is 22.3. The van der Waals surface area contributed by atoms with E-state index in [1.54, 1.807) is 77.9 Å². The average Bonchev–Trinajstić information content (AvgIpc) is 1.56. The molecule has 0 radical (unpaired) electrons. The Hall–Kier alpha value is -5.56. The Labute approximate surface area is 590 Å². The van der Waals surface area contributed by atoms with Crippen molar-refractivity contribution < 1.29 is 0 Å². The normalized spacial score (nSPS) is 15.2. The smallest absolute Gasteiger partial charge is 0.0437 e. The first kappa shape index (κ1) is 77.8. The molecule has 0 bridgehead atoms. The van der Waals surface area contributed by atoms with Gasteiger partial charge in [0.25, 0.3) is 0 Å². The molecule has 0 saturated carbocycles. The minimum absolute atomic E-state index is 0.619. The van der Waals surface area contributed by atoms with E-state index in [1.807, 2.05) is 0 Å². The Morgan fingerprint density at radius 2 is 0.406 bits per heavy atom. The van der Waals surface area contributed by atoms with E-state index in [2.05, 4.69) is 279 Å². The first-order chi connectivity index (χ1) is 44.6. The van der Waals surface area contributed by atoms with Crippen molar-refractivity contribution in [2.24, 2.45) is 0 Å². The van der Waals surface area contributed by atoms with Crippen molar-refractivity contribution in [2.45, 2.75) is 295 Å². The van der Waals surface area contributed by atoms with Crippen molar-refractivity contribution in [1.29, 1.82) is 0 Å². The van der Waals surface area contributed by atoms with E-state index in [0.717, 1.165) is 26.2 Å². The number of fused-ring (bicyclic) bond motifs is 6. The summed E-state index contributed by atoms with van der Waals surface area (Å²) in [6.45, 7) is 78.1. The minimum atomic E-state index is 0.619. The highest BCUT2D eigenvalue weighted by Gasteiger charge is 2.31. The van der Waals surface area contributed by atoms with Crippen LogP contribution in [0.4, 0.5) is 22.7 Å². The minimum Gasteiger partial charge on any atom is -0.374 e. The van der Waals surface area contributed by atoms with E-state index in [-0.39, 0.29) is 0 Å². The molecule has 6 aromatic carbocycles. The molecule has 0 spiro atoms. The lowest BCUT2D eigenvalue weighted by molar-refractivity contribution is 0.352. The predicted molar refractivity (Wildman–Crippen MR) is 427 cm³/mol. The van der Waals surface area contributed by atoms with E-state index in [1.165, 1.54) is 175 Å². The van der Waals surface area contributed by atoms with Crippen LogP contribution in [0.3, 0.4) is 0 Å². The molecule has 6 heteroatoms. The number of benzene rings is 6. The van der Waals surface area contributed by atoms with E-state index in [4.69, 9.17) is 0 Å². The lowest BCUT2D eigenvalue weighted by Gasteiger charge is -2.24. The van der Waals surface area contributed by atoms with Crippen LogP contribution in [0.5, 0.6) is 0 Å². The fourth-order valence-electron chi connectivity index (χ4n) is 19.2. The first-order valence-corrected chi connectivity index (χ1v) is 37.6. The van der Waals surface area contributed by atoms with Gasteiger partial charge in [-0.1, -0.05) is 83.1 Å². The summed E-state index contributed by atoms with van der Waals surface area (Å²) in [5, 5.41) is 0. The highest BCUT2D eigenvalue weighted by molar-refractivity contribution is 5.73. The molecule has 0 atom stereocenters. The summed E-state index contributed by atoms with van der Waals surface area (Å²) in [5.74, 6) is 3.79. The molecule has 96 heavy (non-hydrogen) atoms. The van der Waals surface area contributed by atoms with Gasteiger partial charge in [0.2, 0.25) is 0 Å². The summed E-state index contributed by atoms with van der Waals surface area (Å²) in [6, 6.07) is 0. The van der Waals surface area contributed by atoms with Crippen molar-refractivity contribution in [3.05, 3.63) is 178 Å². The lowest BCUT2D eigenvalue weighted by atomic mass is 9.85. The number of likely N-dealkylation sites (N-methyl/N-ethyl adjacent to an activating group) is 4. The fraction of sp³-hybridized carbons (Fsp3) is 0.600. The molecule has 6 nitrogen and oxygen atoms in total. The largest absolute Gasteiger partial charge is 0.374 e. The van der Waals surface area contributed by atoms with Gasteiger partial charge in [-0.15, -0.1) is 0 Å². The molecular formula is C90H138N6. The van der Waals surface area contributed by atoms with Crippen molar-refractivity contribution >= 4 is 22.7 Å². The molecule has 0 amide bonds. The molecule has 528 valence electrons. The van der Waals surface area contributed by atoms with Crippen molar-refractivity contribution in [3.8, 4) is 0 Å². The summed E-state index contributed by atoms with van der Waals surface area (Å²) >= 11 is 0. The van der Waals surface area contributed by atoms with Gasteiger partial charge in [0.05, 0.1) is 0 Å². The highest BCUT2D eigenvalue weighted by atomic mass is 15.1. The van der Waals surface area contributed by atoms with Gasteiger partial charge in [-0.05, 0) is 378 Å². The van der Waals surface area contributed by atoms with Crippen molar-refractivity contribution in [3.63, 3.8) is 0 Å². The zero-order valence-electron chi connectivity index (χ0n) is 68.6. The van der Waals surface area contributed by atoms with Gasteiger partial charge in [0.15, 0.2) is 0 Å². The van der Waals surface area contributed by atoms with Gasteiger partial charge < -0.3 is 19.6 Å². The van der Waals surface area contributed by atoms with Gasteiger partial charge in [-0.25, -0.2) is 0 Å². The van der Waals surface area contributed by atoms with Crippen LogP contribution in [0.1, 0.15) is 297 Å². The Morgan fingerprint density at radius 3 is 0.823 bits per heavy atom.